The summed E-state index contributed by atoms with van der Waals surface area (Å²) in [6.45, 7) is 4.47. The second-order valence-electron chi connectivity index (χ2n) is 6.78. The number of aliphatic hydroxyl groups is 1. The van der Waals surface area contributed by atoms with Gasteiger partial charge in [-0.1, -0.05) is 24.0 Å². The van der Waals surface area contributed by atoms with Crippen molar-refractivity contribution in [1.29, 1.82) is 0 Å². The number of nitrogens with zero attached hydrogens (tertiary/aromatic N) is 1. The van der Waals surface area contributed by atoms with Crippen molar-refractivity contribution in [2.75, 3.05) is 26.4 Å². The molecule has 3 rings (SSSR count). The number of hydrogen-bond donors (Lipinski definition) is 1. The van der Waals surface area contributed by atoms with Crippen LogP contribution in [0.4, 0.5) is 0 Å². The van der Waals surface area contributed by atoms with E-state index in [9.17, 15) is 4.79 Å². The number of benzene rings is 1. The fourth-order valence-corrected chi connectivity index (χ4v) is 3.13. The van der Waals surface area contributed by atoms with E-state index in [1.807, 2.05) is 37.3 Å². The maximum absolute atomic E-state index is 12.5. The highest BCUT2D eigenvalue weighted by molar-refractivity contribution is 5.36. The maximum atomic E-state index is 12.5. The molecule has 1 saturated heterocycles. The number of ether oxygens (including phenoxy) is 2. The Morgan fingerprint density at radius 3 is 2.63 bits per heavy atom. The number of aryl methyl sites for hydroxylation is 1. The second-order valence-corrected chi connectivity index (χ2v) is 6.78. The first-order valence-electron chi connectivity index (χ1n) is 9.26. The summed E-state index contributed by atoms with van der Waals surface area (Å²) in [4.78, 5) is 12.5. The molecule has 0 amide bonds. The lowest BCUT2D eigenvalue weighted by molar-refractivity contribution is 0.0497. The topological polar surface area (TPSA) is 60.7 Å². The molecule has 0 bridgehead atoms. The van der Waals surface area contributed by atoms with Crippen LogP contribution in [0.2, 0.25) is 0 Å². The maximum Gasteiger partial charge on any atom is 0.254 e. The SMILES string of the molecule is Cc1cc(OCC2CCOCC2)cc(=O)n1Cc1ccc(C#CCO)cc1. The quantitative estimate of drug-likeness (QED) is 0.824. The molecule has 1 aliphatic rings. The molecule has 0 radical (unpaired) electrons. The van der Waals surface area contributed by atoms with Gasteiger partial charge >= 0.3 is 0 Å². The van der Waals surface area contributed by atoms with Gasteiger partial charge in [0.05, 0.1) is 13.2 Å². The van der Waals surface area contributed by atoms with Crippen molar-refractivity contribution in [2.45, 2.75) is 26.3 Å². The number of hydrogen-bond acceptors (Lipinski definition) is 4. The fraction of sp³-hybridized carbons (Fsp3) is 0.409. The van der Waals surface area contributed by atoms with Gasteiger partial charge in [0.15, 0.2) is 0 Å². The Balaban J connectivity index is 1.66. The Morgan fingerprint density at radius 1 is 1.22 bits per heavy atom. The normalized spacial score (nSPS) is 14.4. The van der Waals surface area contributed by atoms with E-state index >= 15 is 0 Å². The van der Waals surface area contributed by atoms with Gasteiger partial charge in [0.1, 0.15) is 12.4 Å². The summed E-state index contributed by atoms with van der Waals surface area (Å²) in [5.74, 6) is 6.62. The predicted octanol–water partition coefficient (Wildman–Crippen LogP) is 2.35. The monoisotopic (exact) mass is 367 g/mol. The zero-order valence-electron chi connectivity index (χ0n) is 15.6. The van der Waals surface area contributed by atoms with Gasteiger partial charge in [0.2, 0.25) is 0 Å². The van der Waals surface area contributed by atoms with Gasteiger partial charge in [-0.25, -0.2) is 0 Å². The summed E-state index contributed by atoms with van der Waals surface area (Å²) < 4.78 is 13.0. The van der Waals surface area contributed by atoms with Crippen molar-refractivity contribution in [3.05, 3.63) is 63.6 Å². The van der Waals surface area contributed by atoms with Crippen LogP contribution in [-0.4, -0.2) is 36.1 Å². The molecule has 5 heteroatoms. The van der Waals surface area contributed by atoms with Crippen molar-refractivity contribution < 1.29 is 14.6 Å². The van der Waals surface area contributed by atoms with E-state index in [1.165, 1.54) is 0 Å². The van der Waals surface area contributed by atoms with Crippen LogP contribution in [0.3, 0.4) is 0 Å². The van der Waals surface area contributed by atoms with Crippen LogP contribution in [0.25, 0.3) is 0 Å². The van der Waals surface area contributed by atoms with Crippen molar-refractivity contribution in [2.24, 2.45) is 5.92 Å². The molecule has 0 unspecified atom stereocenters. The standard InChI is InChI=1S/C22H25NO4/c1-17-13-21(27-16-20-8-11-26-12-9-20)14-22(25)23(17)15-19-6-4-18(5-7-19)3-2-10-24/h4-7,13-14,20,24H,8-12,15-16H2,1H3. The number of pyridine rings is 1. The lowest BCUT2D eigenvalue weighted by atomic mass is 10.0. The highest BCUT2D eigenvalue weighted by atomic mass is 16.5. The minimum atomic E-state index is -0.153. The van der Waals surface area contributed by atoms with Crippen LogP contribution < -0.4 is 10.3 Å². The average molecular weight is 367 g/mol. The first-order chi connectivity index (χ1) is 13.2. The van der Waals surface area contributed by atoms with E-state index < -0.39 is 0 Å². The van der Waals surface area contributed by atoms with Crippen molar-refractivity contribution in [3.8, 4) is 17.6 Å². The van der Waals surface area contributed by atoms with Gasteiger partial charge in [-0.2, -0.15) is 0 Å². The van der Waals surface area contributed by atoms with Gasteiger partial charge in [-0.15, -0.1) is 0 Å². The summed E-state index contributed by atoms with van der Waals surface area (Å²) in [6.07, 6.45) is 2.02. The molecular weight excluding hydrogens is 342 g/mol. The van der Waals surface area contributed by atoms with E-state index in [0.29, 0.717) is 24.8 Å². The second kappa shape index (κ2) is 9.40. The Bertz CT molecular complexity index is 868. The molecule has 27 heavy (non-hydrogen) atoms. The van der Waals surface area contributed by atoms with E-state index in [-0.39, 0.29) is 12.2 Å². The molecular formula is C22H25NO4. The Hall–Kier alpha value is -2.55. The fourth-order valence-electron chi connectivity index (χ4n) is 3.13. The van der Waals surface area contributed by atoms with E-state index in [0.717, 1.165) is 42.9 Å². The molecule has 1 aliphatic heterocycles. The zero-order chi connectivity index (χ0) is 19.1. The summed E-state index contributed by atoms with van der Waals surface area (Å²) in [7, 11) is 0. The Kier molecular flexibility index (Phi) is 6.69. The number of rotatable bonds is 5. The highest BCUT2D eigenvalue weighted by Gasteiger charge is 2.15. The minimum absolute atomic E-state index is 0.0684. The lowest BCUT2D eigenvalue weighted by Crippen LogP contribution is -2.24. The summed E-state index contributed by atoms with van der Waals surface area (Å²) in [5, 5.41) is 8.75. The van der Waals surface area contributed by atoms with Gasteiger partial charge < -0.3 is 19.1 Å². The van der Waals surface area contributed by atoms with Crippen LogP contribution in [-0.2, 0) is 11.3 Å². The third-order valence-electron chi connectivity index (χ3n) is 4.74. The van der Waals surface area contributed by atoms with Crippen molar-refractivity contribution in [3.63, 3.8) is 0 Å². The first-order valence-corrected chi connectivity index (χ1v) is 9.26. The first kappa shape index (κ1) is 19.2. The summed E-state index contributed by atoms with van der Waals surface area (Å²) in [6, 6.07) is 11.2. The molecule has 2 aromatic rings. The average Bonchev–Trinajstić information content (AvgIpc) is 2.69. The van der Waals surface area contributed by atoms with E-state index in [1.54, 1.807) is 10.6 Å². The number of aromatic nitrogens is 1. The lowest BCUT2D eigenvalue weighted by Gasteiger charge is -2.22. The van der Waals surface area contributed by atoms with Crippen molar-refractivity contribution in [1.82, 2.24) is 4.57 Å². The molecule has 0 saturated carbocycles. The molecule has 0 atom stereocenters. The molecule has 142 valence electrons. The number of aliphatic hydroxyl groups excluding tert-OH is 1. The van der Waals surface area contributed by atoms with Gasteiger partial charge in [-0.3, -0.25) is 4.79 Å². The van der Waals surface area contributed by atoms with Crippen LogP contribution in [0.1, 0.15) is 29.7 Å². The van der Waals surface area contributed by atoms with Crippen LogP contribution in [0, 0.1) is 24.7 Å². The zero-order valence-corrected chi connectivity index (χ0v) is 15.6. The molecule has 1 fully saturated rings. The third kappa shape index (κ3) is 5.46. The molecule has 1 N–H and O–H groups in total. The van der Waals surface area contributed by atoms with Gasteiger partial charge in [0, 0.05) is 30.5 Å². The Morgan fingerprint density at radius 2 is 1.96 bits per heavy atom. The largest absolute Gasteiger partial charge is 0.493 e. The molecule has 2 heterocycles. The third-order valence-corrected chi connectivity index (χ3v) is 4.74. The molecule has 0 spiro atoms. The highest BCUT2D eigenvalue weighted by Crippen LogP contribution is 2.18. The van der Waals surface area contributed by atoms with E-state index in [2.05, 4.69) is 11.8 Å². The van der Waals surface area contributed by atoms with Gasteiger partial charge in [0.25, 0.3) is 5.56 Å². The van der Waals surface area contributed by atoms with Crippen LogP contribution in [0.5, 0.6) is 5.75 Å². The van der Waals surface area contributed by atoms with Crippen LogP contribution >= 0.6 is 0 Å². The van der Waals surface area contributed by atoms with E-state index in [4.69, 9.17) is 14.6 Å². The minimum Gasteiger partial charge on any atom is -0.493 e. The smallest absolute Gasteiger partial charge is 0.254 e. The summed E-state index contributed by atoms with van der Waals surface area (Å²) in [5.41, 5.74) is 2.66. The molecule has 0 aliphatic carbocycles. The predicted molar refractivity (Wildman–Crippen MR) is 104 cm³/mol. The molecule has 1 aromatic carbocycles. The molecule has 5 nitrogen and oxygen atoms in total. The Labute approximate surface area is 159 Å². The van der Waals surface area contributed by atoms with Gasteiger partial charge in [-0.05, 0) is 49.4 Å². The summed E-state index contributed by atoms with van der Waals surface area (Å²) >= 11 is 0. The van der Waals surface area contributed by atoms with Crippen molar-refractivity contribution >= 4 is 0 Å². The molecule has 1 aromatic heterocycles. The van der Waals surface area contributed by atoms with Crippen LogP contribution in [0.15, 0.2) is 41.2 Å².